The van der Waals surface area contributed by atoms with E-state index in [2.05, 4.69) is 21.9 Å². The normalized spacial score (nSPS) is 15.4. The van der Waals surface area contributed by atoms with Crippen molar-refractivity contribution >= 4 is 23.8 Å². The number of carbonyl (C=O) groups excluding carboxylic acids is 1. The largest absolute Gasteiger partial charge is 0.477 e. The second-order valence-corrected chi connectivity index (χ2v) is 6.05. The third kappa shape index (κ3) is 3.86. The summed E-state index contributed by atoms with van der Waals surface area (Å²) in [5.41, 5.74) is 0.755. The van der Waals surface area contributed by atoms with Gasteiger partial charge in [-0.05, 0) is 30.7 Å². The fraction of sp³-hybridized carbons (Fsp3) is 0.462. The SMILES string of the molecule is CSC1(CNC(=O)NCc2ccc(C(=O)O)nc2)CC1. The molecule has 0 radical (unpaired) electrons. The topological polar surface area (TPSA) is 91.3 Å². The standard InChI is InChI=1S/C13H17N3O3S/c1-20-13(4-5-13)8-16-12(19)15-7-9-2-3-10(11(17)18)14-6-9/h2-3,6H,4-5,7-8H2,1H3,(H,17,18)(H2,15,16,19). The van der Waals surface area contributed by atoms with Crippen LogP contribution in [0.1, 0.15) is 28.9 Å². The zero-order valence-electron chi connectivity index (χ0n) is 11.2. The quantitative estimate of drug-likeness (QED) is 0.739. The van der Waals surface area contributed by atoms with Crippen molar-refractivity contribution in [3.8, 4) is 0 Å². The third-order valence-electron chi connectivity index (χ3n) is 3.31. The highest BCUT2D eigenvalue weighted by Crippen LogP contribution is 2.46. The molecule has 0 spiro atoms. The molecular weight excluding hydrogens is 278 g/mol. The van der Waals surface area contributed by atoms with Crippen molar-refractivity contribution in [2.75, 3.05) is 12.8 Å². The highest BCUT2D eigenvalue weighted by Gasteiger charge is 2.41. The van der Waals surface area contributed by atoms with Crippen molar-refractivity contribution in [1.82, 2.24) is 15.6 Å². The number of carbonyl (C=O) groups is 2. The Morgan fingerprint density at radius 1 is 1.40 bits per heavy atom. The molecule has 1 aromatic rings. The van der Waals surface area contributed by atoms with Crippen LogP contribution in [0, 0.1) is 0 Å². The molecule has 2 amide bonds. The Morgan fingerprint density at radius 3 is 2.65 bits per heavy atom. The minimum Gasteiger partial charge on any atom is -0.477 e. The predicted octanol–water partition coefficient (Wildman–Crippen LogP) is 1.47. The summed E-state index contributed by atoms with van der Waals surface area (Å²) in [5, 5.41) is 14.3. The first kappa shape index (κ1) is 14.6. The molecule has 1 heterocycles. The zero-order chi connectivity index (χ0) is 14.6. The monoisotopic (exact) mass is 295 g/mol. The minimum atomic E-state index is -1.06. The van der Waals surface area contributed by atoms with Crippen molar-refractivity contribution in [3.63, 3.8) is 0 Å². The lowest BCUT2D eigenvalue weighted by atomic mass is 10.2. The zero-order valence-corrected chi connectivity index (χ0v) is 12.0. The fourth-order valence-corrected chi connectivity index (χ4v) is 2.46. The number of rotatable bonds is 6. The maximum absolute atomic E-state index is 11.6. The van der Waals surface area contributed by atoms with Crippen LogP contribution < -0.4 is 10.6 Å². The van der Waals surface area contributed by atoms with E-state index in [0.717, 1.165) is 18.4 Å². The number of carboxylic acid groups (broad SMARTS) is 1. The summed E-state index contributed by atoms with van der Waals surface area (Å²) < 4.78 is 0.238. The number of aromatic carboxylic acids is 1. The first-order valence-corrected chi connectivity index (χ1v) is 7.52. The summed E-state index contributed by atoms with van der Waals surface area (Å²) in [4.78, 5) is 26.1. The van der Waals surface area contributed by atoms with Crippen molar-refractivity contribution in [2.45, 2.75) is 24.1 Å². The highest BCUT2D eigenvalue weighted by molar-refractivity contribution is 8.00. The molecule has 20 heavy (non-hydrogen) atoms. The third-order valence-corrected chi connectivity index (χ3v) is 4.73. The van der Waals surface area contributed by atoms with E-state index in [1.54, 1.807) is 17.8 Å². The van der Waals surface area contributed by atoms with Crippen LogP contribution in [-0.4, -0.2) is 39.6 Å². The number of nitrogens with one attached hydrogen (secondary N) is 2. The number of hydrogen-bond acceptors (Lipinski definition) is 4. The number of pyridine rings is 1. The van der Waals surface area contributed by atoms with Crippen LogP contribution in [0.25, 0.3) is 0 Å². The molecule has 1 aliphatic carbocycles. The minimum absolute atomic E-state index is 0.00570. The molecule has 7 heteroatoms. The van der Waals surface area contributed by atoms with Gasteiger partial charge in [0.15, 0.2) is 0 Å². The molecule has 0 bridgehead atoms. The Bertz CT molecular complexity index is 500. The Hall–Kier alpha value is -1.76. The number of aromatic nitrogens is 1. The lowest BCUT2D eigenvalue weighted by Gasteiger charge is -2.13. The molecule has 1 fully saturated rings. The Kier molecular flexibility index (Phi) is 4.49. The van der Waals surface area contributed by atoms with Crippen molar-refractivity contribution in [1.29, 1.82) is 0 Å². The molecule has 3 N–H and O–H groups in total. The van der Waals surface area contributed by atoms with E-state index in [9.17, 15) is 9.59 Å². The van der Waals surface area contributed by atoms with Crippen molar-refractivity contribution in [3.05, 3.63) is 29.6 Å². The molecule has 1 aliphatic rings. The van der Waals surface area contributed by atoms with Gasteiger partial charge in [-0.3, -0.25) is 0 Å². The Labute approximate surface area is 121 Å². The lowest BCUT2D eigenvalue weighted by Crippen LogP contribution is -2.39. The van der Waals surface area contributed by atoms with Crippen LogP contribution >= 0.6 is 11.8 Å². The summed E-state index contributed by atoms with van der Waals surface area (Å²) in [7, 11) is 0. The summed E-state index contributed by atoms with van der Waals surface area (Å²) in [5.74, 6) is -1.06. The second-order valence-electron chi connectivity index (χ2n) is 4.78. The number of amides is 2. The number of thioether (sulfide) groups is 1. The van der Waals surface area contributed by atoms with Gasteiger partial charge in [0.25, 0.3) is 0 Å². The van der Waals surface area contributed by atoms with Crippen LogP contribution in [0.3, 0.4) is 0 Å². The number of urea groups is 1. The van der Waals surface area contributed by atoms with Gasteiger partial charge in [-0.25, -0.2) is 14.6 Å². The van der Waals surface area contributed by atoms with E-state index in [-0.39, 0.29) is 16.5 Å². The van der Waals surface area contributed by atoms with Crippen LogP contribution in [-0.2, 0) is 6.54 Å². The molecule has 0 atom stereocenters. The van der Waals surface area contributed by atoms with E-state index < -0.39 is 5.97 Å². The van der Waals surface area contributed by atoms with Gasteiger partial charge in [-0.15, -0.1) is 0 Å². The second kappa shape index (κ2) is 6.13. The van der Waals surface area contributed by atoms with Gasteiger partial charge in [0.1, 0.15) is 5.69 Å². The number of nitrogens with zero attached hydrogens (tertiary/aromatic N) is 1. The van der Waals surface area contributed by atoms with E-state index in [4.69, 9.17) is 5.11 Å². The first-order valence-electron chi connectivity index (χ1n) is 6.30. The van der Waals surface area contributed by atoms with Gasteiger partial charge in [0.05, 0.1) is 0 Å². The molecule has 1 aromatic heterocycles. The first-order chi connectivity index (χ1) is 9.54. The van der Waals surface area contributed by atoms with Gasteiger partial charge in [0, 0.05) is 24.0 Å². The van der Waals surface area contributed by atoms with Crippen LogP contribution in [0.15, 0.2) is 18.3 Å². The van der Waals surface area contributed by atoms with Gasteiger partial charge >= 0.3 is 12.0 Å². The Balaban J connectivity index is 1.74. The van der Waals surface area contributed by atoms with Gasteiger partial charge < -0.3 is 15.7 Å². The fourth-order valence-electron chi connectivity index (χ4n) is 1.73. The molecule has 1 saturated carbocycles. The summed E-state index contributed by atoms with van der Waals surface area (Å²) in [6, 6.07) is 2.85. The molecule has 6 nitrogen and oxygen atoms in total. The summed E-state index contributed by atoms with van der Waals surface area (Å²) >= 11 is 1.79. The maximum atomic E-state index is 11.6. The number of carboxylic acids is 1. The van der Waals surface area contributed by atoms with Crippen molar-refractivity contribution in [2.24, 2.45) is 0 Å². The Morgan fingerprint density at radius 2 is 2.15 bits per heavy atom. The van der Waals surface area contributed by atoms with Gasteiger partial charge in [-0.2, -0.15) is 11.8 Å². The average Bonchev–Trinajstić information content (AvgIpc) is 3.24. The van der Waals surface area contributed by atoms with E-state index >= 15 is 0 Å². The highest BCUT2D eigenvalue weighted by atomic mass is 32.2. The predicted molar refractivity (Wildman–Crippen MR) is 76.9 cm³/mol. The van der Waals surface area contributed by atoms with Gasteiger partial charge in [-0.1, -0.05) is 6.07 Å². The number of hydrogen-bond donors (Lipinski definition) is 3. The van der Waals surface area contributed by atoms with Crippen LogP contribution in [0.2, 0.25) is 0 Å². The molecular formula is C13H17N3O3S. The molecule has 0 unspecified atom stereocenters. The van der Waals surface area contributed by atoms with E-state index in [0.29, 0.717) is 13.1 Å². The van der Waals surface area contributed by atoms with Crippen LogP contribution in [0.4, 0.5) is 4.79 Å². The molecule has 108 valence electrons. The molecule has 0 saturated heterocycles. The smallest absolute Gasteiger partial charge is 0.354 e. The lowest BCUT2D eigenvalue weighted by molar-refractivity contribution is 0.0690. The molecule has 0 aliphatic heterocycles. The summed E-state index contributed by atoms with van der Waals surface area (Å²) in [6.07, 6.45) is 5.81. The molecule has 2 rings (SSSR count). The average molecular weight is 295 g/mol. The van der Waals surface area contributed by atoms with E-state index in [1.165, 1.54) is 12.3 Å². The van der Waals surface area contributed by atoms with Crippen molar-refractivity contribution < 1.29 is 14.7 Å². The maximum Gasteiger partial charge on any atom is 0.354 e. The molecule has 0 aromatic carbocycles. The van der Waals surface area contributed by atoms with Gasteiger partial charge in [0.2, 0.25) is 0 Å². The summed E-state index contributed by atoms with van der Waals surface area (Å²) in [6.45, 7) is 1.00. The van der Waals surface area contributed by atoms with E-state index in [1.807, 2.05) is 0 Å². The van der Waals surface area contributed by atoms with Crippen LogP contribution in [0.5, 0.6) is 0 Å².